The van der Waals surface area contributed by atoms with Gasteiger partial charge in [-0.05, 0) is 31.9 Å². The zero-order valence-electron chi connectivity index (χ0n) is 9.95. The van der Waals surface area contributed by atoms with Gasteiger partial charge in [0, 0.05) is 24.9 Å². The summed E-state index contributed by atoms with van der Waals surface area (Å²) in [5.41, 5.74) is 1.12. The van der Waals surface area contributed by atoms with E-state index in [-0.39, 0.29) is 0 Å². The summed E-state index contributed by atoms with van der Waals surface area (Å²) < 4.78 is 0. The average Bonchev–Trinajstić information content (AvgIpc) is 2.27. The van der Waals surface area contributed by atoms with Crippen LogP contribution in [0.4, 0.5) is 0 Å². The van der Waals surface area contributed by atoms with Gasteiger partial charge in [-0.25, -0.2) is 9.97 Å². The highest BCUT2D eigenvalue weighted by atomic mass is 14.9. The van der Waals surface area contributed by atoms with Gasteiger partial charge < -0.3 is 5.32 Å². The van der Waals surface area contributed by atoms with Crippen LogP contribution in [0.1, 0.15) is 38.1 Å². The van der Waals surface area contributed by atoms with Crippen molar-refractivity contribution in [2.45, 2.75) is 46.1 Å². The van der Waals surface area contributed by atoms with Gasteiger partial charge >= 0.3 is 0 Å². The second kappa shape index (κ2) is 6.51. The molecule has 3 nitrogen and oxygen atoms in total. The largest absolute Gasteiger partial charge is 0.314 e. The van der Waals surface area contributed by atoms with Gasteiger partial charge in [0.1, 0.15) is 5.82 Å². The molecule has 1 aromatic rings. The highest BCUT2D eigenvalue weighted by Crippen LogP contribution is 2.01. The molecule has 0 amide bonds. The number of nitrogens with zero attached hydrogens (tertiary/aromatic N) is 2. The minimum Gasteiger partial charge on any atom is -0.314 e. The Balaban J connectivity index is 2.47. The normalized spacial score (nSPS) is 12.7. The van der Waals surface area contributed by atoms with E-state index in [1.54, 1.807) is 0 Å². The summed E-state index contributed by atoms with van der Waals surface area (Å²) in [5, 5.41) is 3.50. The Labute approximate surface area is 92.3 Å². The zero-order chi connectivity index (χ0) is 11.1. The lowest BCUT2D eigenvalue weighted by Gasteiger charge is -2.15. The van der Waals surface area contributed by atoms with Gasteiger partial charge in [-0.1, -0.05) is 13.8 Å². The third-order valence-electron chi connectivity index (χ3n) is 2.44. The van der Waals surface area contributed by atoms with Crippen molar-refractivity contribution < 1.29 is 0 Å². The highest BCUT2D eigenvalue weighted by Gasteiger charge is 2.07. The fraction of sp³-hybridized carbons (Fsp3) is 0.667. The van der Waals surface area contributed by atoms with Gasteiger partial charge in [0.25, 0.3) is 0 Å². The molecule has 1 rings (SSSR count). The van der Waals surface area contributed by atoms with E-state index in [1.807, 2.05) is 19.3 Å². The topological polar surface area (TPSA) is 37.8 Å². The van der Waals surface area contributed by atoms with Gasteiger partial charge in [0.2, 0.25) is 0 Å². The van der Waals surface area contributed by atoms with Crippen molar-refractivity contribution in [3.05, 3.63) is 23.8 Å². The maximum atomic E-state index is 4.32. The van der Waals surface area contributed by atoms with Crippen LogP contribution in [0.15, 0.2) is 12.4 Å². The molecule has 0 aliphatic rings. The molecule has 0 radical (unpaired) electrons. The van der Waals surface area contributed by atoms with Crippen LogP contribution < -0.4 is 5.32 Å². The van der Waals surface area contributed by atoms with Crippen LogP contribution in [0.25, 0.3) is 0 Å². The first-order valence-electron chi connectivity index (χ1n) is 5.77. The van der Waals surface area contributed by atoms with Gasteiger partial charge in [-0.3, -0.25) is 0 Å². The van der Waals surface area contributed by atoms with Crippen molar-refractivity contribution in [3.63, 3.8) is 0 Å². The fourth-order valence-corrected chi connectivity index (χ4v) is 1.45. The molecule has 0 fully saturated rings. The first-order chi connectivity index (χ1) is 7.26. The molecule has 0 aliphatic heterocycles. The standard InChI is InChI=1S/C12H21N3/c1-4-6-13-11(5-2)7-12-14-8-10(3)9-15-12/h8-9,11,13H,4-7H2,1-3H3. The van der Waals surface area contributed by atoms with Crippen LogP contribution in [0.2, 0.25) is 0 Å². The molecule has 1 atom stereocenters. The molecule has 0 saturated carbocycles. The van der Waals surface area contributed by atoms with E-state index >= 15 is 0 Å². The molecule has 1 unspecified atom stereocenters. The Morgan fingerprint density at radius 2 is 1.93 bits per heavy atom. The molecule has 15 heavy (non-hydrogen) atoms. The van der Waals surface area contributed by atoms with E-state index < -0.39 is 0 Å². The van der Waals surface area contributed by atoms with Crippen LogP contribution >= 0.6 is 0 Å². The molecular weight excluding hydrogens is 186 g/mol. The van der Waals surface area contributed by atoms with Crippen LogP contribution in [0.3, 0.4) is 0 Å². The summed E-state index contributed by atoms with van der Waals surface area (Å²) in [6.07, 6.45) is 6.99. The van der Waals surface area contributed by atoms with Crippen LogP contribution in [0.5, 0.6) is 0 Å². The van der Waals surface area contributed by atoms with Crippen LogP contribution in [0, 0.1) is 6.92 Å². The zero-order valence-corrected chi connectivity index (χ0v) is 9.95. The second-order valence-electron chi connectivity index (χ2n) is 3.94. The van der Waals surface area contributed by atoms with E-state index in [2.05, 4.69) is 29.1 Å². The van der Waals surface area contributed by atoms with Crippen molar-refractivity contribution in [2.24, 2.45) is 0 Å². The Kier molecular flexibility index (Phi) is 5.26. The van der Waals surface area contributed by atoms with Crippen molar-refractivity contribution in [1.29, 1.82) is 0 Å². The fourth-order valence-electron chi connectivity index (χ4n) is 1.45. The van der Waals surface area contributed by atoms with E-state index in [0.717, 1.165) is 30.8 Å². The second-order valence-corrected chi connectivity index (χ2v) is 3.94. The van der Waals surface area contributed by atoms with E-state index in [1.165, 1.54) is 6.42 Å². The Bertz CT molecular complexity index is 269. The summed E-state index contributed by atoms with van der Waals surface area (Å²) in [6, 6.07) is 0.507. The van der Waals surface area contributed by atoms with Gasteiger partial charge in [0.05, 0.1) is 0 Å². The van der Waals surface area contributed by atoms with Crippen molar-refractivity contribution in [2.75, 3.05) is 6.54 Å². The smallest absolute Gasteiger partial charge is 0.129 e. The summed E-state index contributed by atoms with van der Waals surface area (Å²) in [7, 11) is 0. The highest BCUT2D eigenvalue weighted by molar-refractivity contribution is 5.02. The molecule has 3 heteroatoms. The maximum absolute atomic E-state index is 4.32. The van der Waals surface area contributed by atoms with E-state index in [4.69, 9.17) is 0 Å². The van der Waals surface area contributed by atoms with Gasteiger partial charge in [-0.2, -0.15) is 0 Å². The molecule has 0 bridgehead atoms. The summed E-state index contributed by atoms with van der Waals surface area (Å²) in [4.78, 5) is 8.65. The first-order valence-corrected chi connectivity index (χ1v) is 5.77. The third-order valence-corrected chi connectivity index (χ3v) is 2.44. The molecule has 0 saturated heterocycles. The number of aromatic nitrogens is 2. The summed E-state index contributed by atoms with van der Waals surface area (Å²) >= 11 is 0. The average molecular weight is 207 g/mol. The number of rotatable bonds is 6. The van der Waals surface area contributed by atoms with Crippen molar-refractivity contribution >= 4 is 0 Å². The number of hydrogen-bond donors (Lipinski definition) is 1. The molecule has 0 aliphatic carbocycles. The predicted molar refractivity (Wildman–Crippen MR) is 62.8 cm³/mol. The lowest BCUT2D eigenvalue weighted by Crippen LogP contribution is -2.31. The van der Waals surface area contributed by atoms with Crippen molar-refractivity contribution in [3.8, 4) is 0 Å². The molecule has 1 heterocycles. The lowest BCUT2D eigenvalue weighted by atomic mass is 10.1. The number of nitrogens with one attached hydrogen (secondary N) is 1. The minimum absolute atomic E-state index is 0.507. The van der Waals surface area contributed by atoms with Gasteiger partial charge in [0.15, 0.2) is 0 Å². The summed E-state index contributed by atoms with van der Waals surface area (Å²) in [5.74, 6) is 0.941. The molecule has 84 valence electrons. The van der Waals surface area contributed by atoms with E-state index in [0.29, 0.717) is 6.04 Å². The monoisotopic (exact) mass is 207 g/mol. The molecule has 1 aromatic heterocycles. The minimum atomic E-state index is 0.507. The molecule has 1 N–H and O–H groups in total. The molecule has 0 aromatic carbocycles. The summed E-state index contributed by atoms with van der Waals surface area (Å²) in [6.45, 7) is 7.46. The first kappa shape index (κ1) is 12.1. The quantitative estimate of drug-likeness (QED) is 0.776. The van der Waals surface area contributed by atoms with Crippen LogP contribution in [-0.2, 0) is 6.42 Å². The lowest BCUT2D eigenvalue weighted by molar-refractivity contribution is 0.485. The predicted octanol–water partition coefficient (Wildman–Crippen LogP) is 2.11. The Hall–Kier alpha value is -0.960. The number of hydrogen-bond acceptors (Lipinski definition) is 3. The van der Waals surface area contributed by atoms with Crippen LogP contribution in [-0.4, -0.2) is 22.6 Å². The number of aryl methyl sites for hydroxylation is 1. The van der Waals surface area contributed by atoms with Gasteiger partial charge in [-0.15, -0.1) is 0 Å². The molecule has 0 spiro atoms. The Morgan fingerprint density at radius 3 is 2.47 bits per heavy atom. The molecular formula is C12H21N3. The Morgan fingerprint density at radius 1 is 1.27 bits per heavy atom. The maximum Gasteiger partial charge on any atom is 0.129 e. The van der Waals surface area contributed by atoms with Crippen molar-refractivity contribution in [1.82, 2.24) is 15.3 Å². The SMILES string of the molecule is CCCNC(CC)Cc1ncc(C)cn1. The third kappa shape index (κ3) is 4.38. The van der Waals surface area contributed by atoms with E-state index in [9.17, 15) is 0 Å².